The maximum atomic E-state index is 13.8. The lowest BCUT2D eigenvalue weighted by molar-refractivity contribution is -0.121. The fourth-order valence-corrected chi connectivity index (χ4v) is 2.60. The Bertz CT molecular complexity index is 1030. The van der Waals surface area contributed by atoms with Crippen molar-refractivity contribution in [2.24, 2.45) is 0 Å². The van der Waals surface area contributed by atoms with Gasteiger partial charge in [0.15, 0.2) is 0 Å². The number of nitrogens with zero attached hydrogens (tertiary/aromatic N) is 2. The molecule has 1 N–H and O–H groups in total. The fourth-order valence-electron chi connectivity index (χ4n) is 2.60. The first kappa shape index (κ1) is 20.1. The third kappa shape index (κ3) is 5.41. The summed E-state index contributed by atoms with van der Waals surface area (Å²) in [5.41, 5.74) is 0.0115. The Kier molecular flexibility index (Phi) is 6.57. The smallest absolute Gasteiger partial charge is 0.254 e. The molecule has 0 fully saturated rings. The van der Waals surface area contributed by atoms with Gasteiger partial charge in [-0.25, -0.2) is 9.37 Å². The van der Waals surface area contributed by atoms with E-state index in [2.05, 4.69) is 10.3 Å². The highest BCUT2D eigenvalue weighted by Crippen LogP contribution is 2.18. The molecule has 0 saturated heterocycles. The monoisotopic (exact) mass is 397 g/mol. The van der Waals surface area contributed by atoms with Crippen molar-refractivity contribution >= 4 is 5.91 Å². The van der Waals surface area contributed by atoms with Crippen LogP contribution in [-0.4, -0.2) is 35.7 Å². The molecule has 3 rings (SSSR count). The van der Waals surface area contributed by atoms with E-state index >= 15 is 0 Å². The molecule has 0 saturated carbocycles. The molecule has 2 aromatic carbocycles. The molecule has 0 spiro atoms. The van der Waals surface area contributed by atoms with E-state index in [1.807, 2.05) is 0 Å². The first-order valence-electron chi connectivity index (χ1n) is 8.92. The quantitative estimate of drug-likeness (QED) is 0.590. The van der Waals surface area contributed by atoms with Gasteiger partial charge in [0, 0.05) is 11.6 Å². The summed E-state index contributed by atoms with van der Waals surface area (Å²) < 4.78 is 25.6. The standard InChI is InChI=1S/C21H20FN3O4/c1-28-15-6-8-16(9-7-15)29-11-10-23-20(26)13-25-14-24-19(12-21(25)27)17-4-2-3-5-18(17)22/h2-9,12,14H,10-11,13H2,1H3,(H,23,26). The Hall–Kier alpha value is -3.68. The number of benzene rings is 2. The topological polar surface area (TPSA) is 82.4 Å². The van der Waals surface area contributed by atoms with Crippen molar-refractivity contribution in [3.63, 3.8) is 0 Å². The van der Waals surface area contributed by atoms with Crippen LogP contribution in [0.15, 0.2) is 65.7 Å². The largest absolute Gasteiger partial charge is 0.497 e. The van der Waals surface area contributed by atoms with Crippen LogP contribution >= 0.6 is 0 Å². The van der Waals surface area contributed by atoms with Gasteiger partial charge >= 0.3 is 0 Å². The van der Waals surface area contributed by atoms with Crippen molar-refractivity contribution in [3.05, 3.63) is 77.1 Å². The van der Waals surface area contributed by atoms with Crippen molar-refractivity contribution in [1.29, 1.82) is 0 Å². The van der Waals surface area contributed by atoms with Crippen LogP contribution in [-0.2, 0) is 11.3 Å². The van der Waals surface area contributed by atoms with Crippen molar-refractivity contribution in [1.82, 2.24) is 14.9 Å². The highest BCUT2D eigenvalue weighted by molar-refractivity contribution is 5.75. The molecule has 0 aliphatic rings. The summed E-state index contributed by atoms with van der Waals surface area (Å²) in [5.74, 6) is 0.563. The number of methoxy groups -OCH3 is 1. The third-order valence-corrected chi connectivity index (χ3v) is 4.10. The minimum Gasteiger partial charge on any atom is -0.497 e. The molecule has 1 amide bonds. The lowest BCUT2D eigenvalue weighted by Crippen LogP contribution is -2.34. The second-order valence-corrected chi connectivity index (χ2v) is 6.09. The molecule has 0 aliphatic carbocycles. The summed E-state index contributed by atoms with van der Waals surface area (Å²) in [4.78, 5) is 28.3. The average Bonchev–Trinajstić information content (AvgIpc) is 2.73. The maximum Gasteiger partial charge on any atom is 0.254 e. The molecule has 3 aromatic rings. The first-order chi connectivity index (χ1) is 14.1. The van der Waals surface area contributed by atoms with Crippen LogP contribution < -0.4 is 20.3 Å². The zero-order valence-corrected chi connectivity index (χ0v) is 15.8. The van der Waals surface area contributed by atoms with Crippen molar-refractivity contribution < 1.29 is 18.7 Å². The third-order valence-electron chi connectivity index (χ3n) is 4.10. The van der Waals surface area contributed by atoms with Crippen LogP contribution in [0.3, 0.4) is 0 Å². The zero-order chi connectivity index (χ0) is 20.6. The van der Waals surface area contributed by atoms with Gasteiger partial charge in [-0.2, -0.15) is 0 Å². The van der Waals surface area contributed by atoms with E-state index in [-0.39, 0.29) is 36.9 Å². The Labute approximate surface area is 166 Å². The van der Waals surface area contributed by atoms with Crippen LogP contribution in [0.4, 0.5) is 4.39 Å². The van der Waals surface area contributed by atoms with Gasteiger partial charge in [0.1, 0.15) is 30.5 Å². The number of carbonyl (C=O) groups is 1. The normalized spacial score (nSPS) is 10.4. The summed E-state index contributed by atoms with van der Waals surface area (Å²) >= 11 is 0. The predicted molar refractivity (Wildman–Crippen MR) is 105 cm³/mol. The molecule has 1 aromatic heterocycles. The summed E-state index contributed by atoms with van der Waals surface area (Å²) in [7, 11) is 1.58. The van der Waals surface area contributed by atoms with Gasteiger partial charge < -0.3 is 14.8 Å². The Morgan fingerprint density at radius 3 is 2.55 bits per heavy atom. The highest BCUT2D eigenvalue weighted by Gasteiger charge is 2.09. The van der Waals surface area contributed by atoms with E-state index in [9.17, 15) is 14.0 Å². The fraction of sp³-hybridized carbons (Fsp3) is 0.190. The molecule has 1 heterocycles. The zero-order valence-electron chi connectivity index (χ0n) is 15.8. The number of hydrogen-bond acceptors (Lipinski definition) is 5. The number of amides is 1. The number of rotatable bonds is 8. The second-order valence-electron chi connectivity index (χ2n) is 6.09. The molecule has 0 unspecified atom stereocenters. The first-order valence-corrected chi connectivity index (χ1v) is 8.92. The molecule has 150 valence electrons. The van der Waals surface area contributed by atoms with E-state index in [4.69, 9.17) is 9.47 Å². The molecular formula is C21H20FN3O4. The van der Waals surface area contributed by atoms with Crippen molar-refractivity contribution in [2.45, 2.75) is 6.54 Å². The maximum absolute atomic E-state index is 13.8. The number of ether oxygens (including phenoxy) is 2. The predicted octanol–water partition coefficient (Wildman–Crippen LogP) is 2.25. The van der Waals surface area contributed by atoms with E-state index in [1.165, 1.54) is 24.5 Å². The molecule has 7 nitrogen and oxygen atoms in total. The molecule has 0 radical (unpaired) electrons. The van der Waals surface area contributed by atoms with Gasteiger partial charge in [0.05, 0.1) is 25.7 Å². The lowest BCUT2D eigenvalue weighted by Gasteiger charge is -2.10. The number of hydrogen-bond donors (Lipinski definition) is 1. The van der Waals surface area contributed by atoms with Crippen LogP contribution in [0.5, 0.6) is 11.5 Å². The number of aromatic nitrogens is 2. The lowest BCUT2D eigenvalue weighted by atomic mass is 10.1. The van der Waals surface area contributed by atoms with Crippen molar-refractivity contribution in [2.75, 3.05) is 20.3 Å². The molecule has 0 aliphatic heterocycles. The molecule has 29 heavy (non-hydrogen) atoms. The van der Waals surface area contributed by atoms with Crippen LogP contribution in [0, 0.1) is 5.82 Å². The summed E-state index contributed by atoms with van der Waals surface area (Å²) in [5, 5.41) is 2.67. The number of nitrogens with one attached hydrogen (secondary N) is 1. The summed E-state index contributed by atoms with van der Waals surface area (Å²) in [6, 6.07) is 14.3. The Balaban J connectivity index is 1.50. The summed E-state index contributed by atoms with van der Waals surface area (Å²) in [6.45, 7) is 0.365. The Morgan fingerprint density at radius 1 is 1.14 bits per heavy atom. The molecule has 0 atom stereocenters. The van der Waals surface area contributed by atoms with Gasteiger partial charge in [-0.3, -0.25) is 14.2 Å². The SMILES string of the molecule is COc1ccc(OCCNC(=O)Cn2cnc(-c3ccccc3F)cc2=O)cc1. The number of carbonyl (C=O) groups excluding carboxylic acids is 1. The summed E-state index contributed by atoms with van der Waals surface area (Å²) in [6.07, 6.45) is 1.23. The van der Waals surface area contributed by atoms with Crippen LogP contribution in [0.1, 0.15) is 0 Å². The van der Waals surface area contributed by atoms with E-state index < -0.39 is 11.4 Å². The van der Waals surface area contributed by atoms with E-state index in [0.29, 0.717) is 5.75 Å². The molecule has 0 bridgehead atoms. The van der Waals surface area contributed by atoms with Gasteiger partial charge in [-0.1, -0.05) is 12.1 Å². The van der Waals surface area contributed by atoms with Crippen molar-refractivity contribution in [3.8, 4) is 22.8 Å². The van der Waals surface area contributed by atoms with Crippen LogP contribution in [0.2, 0.25) is 0 Å². The van der Waals surface area contributed by atoms with Gasteiger partial charge in [-0.05, 0) is 36.4 Å². The van der Waals surface area contributed by atoms with E-state index in [0.717, 1.165) is 10.3 Å². The molecular weight excluding hydrogens is 377 g/mol. The minimum atomic E-state index is -0.466. The highest BCUT2D eigenvalue weighted by atomic mass is 19.1. The number of halogens is 1. The second kappa shape index (κ2) is 9.50. The Morgan fingerprint density at radius 2 is 1.86 bits per heavy atom. The van der Waals surface area contributed by atoms with Gasteiger partial charge in [0.2, 0.25) is 5.91 Å². The average molecular weight is 397 g/mol. The van der Waals surface area contributed by atoms with Crippen LogP contribution in [0.25, 0.3) is 11.3 Å². The van der Waals surface area contributed by atoms with Gasteiger partial charge in [0.25, 0.3) is 5.56 Å². The van der Waals surface area contributed by atoms with Gasteiger partial charge in [-0.15, -0.1) is 0 Å². The van der Waals surface area contributed by atoms with E-state index in [1.54, 1.807) is 43.5 Å². The molecule has 8 heteroatoms. The minimum absolute atomic E-state index is 0.189.